The Bertz CT molecular complexity index is 886. The molecule has 0 unspecified atom stereocenters. The molecule has 0 bridgehead atoms. The molecule has 0 radical (unpaired) electrons. The molecule has 6 heteroatoms. The maximum absolute atomic E-state index is 12.6. The normalized spacial score (nSPS) is 10.9. The highest BCUT2D eigenvalue weighted by atomic mass is 35.5. The lowest BCUT2D eigenvalue weighted by atomic mass is 10.2. The molecule has 1 amide bonds. The van der Waals surface area contributed by atoms with Crippen molar-refractivity contribution in [2.24, 2.45) is 0 Å². The minimum Gasteiger partial charge on any atom is -0.319 e. The molecule has 3 aromatic rings. The van der Waals surface area contributed by atoms with Crippen LogP contribution in [0.5, 0.6) is 0 Å². The molecule has 4 nitrogen and oxygen atoms in total. The lowest BCUT2D eigenvalue weighted by molar-refractivity contribution is 0.102. The van der Waals surface area contributed by atoms with Gasteiger partial charge in [0.15, 0.2) is 0 Å². The van der Waals surface area contributed by atoms with Crippen LogP contribution >= 0.6 is 23.2 Å². The van der Waals surface area contributed by atoms with Gasteiger partial charge in [-0.05, 0) is 37.6 Å². The summed E-state index contributed by atoms with van der Waals surface area (Å²) in [5, 5.41) is 3.50. The maximum atomic E-state index is 12.6. The van der Waals surface area contributed by atoms with Gasteiger partial charge in [-0.1, -0.05) is 35.3 Å². The number of carbonyl (C=O) groups excluding carboxylic acids is 1. The molecule has 1 N–H and O–H groups in total. The number of nitrogens with one attached hydrogen (secondary N) is 1. The highest BCUT2D eigenvalue weighted by molar-refractivity contribution is 6.44. The van der Waals surface area contributed by atoms with Crippen LogP contribution in [0.15, 0.2) is 36.5 Å². The Kier molecular flexibility index (Phi) is 3.81. The van der Waals surface area contributed by atoms with Crippen LogP contribution in [0.25, 0.3) is 5.65 Å². The van der Waals surface area contributed by atoms with E-state index in [4.69, 9.17) is 23.2 Å². The number of hydrogen-bond acceptors (Lipinski definition) is 2. The van der Waals surface area contributed by atoms with Gasteiger partial charge in [0.2, 0.25) is 0 Å². The first-order valence-electron chi connectivity index (χ1n) is 6.68. The smallest absolute Gasteiger partial charge is 0.274 e. The molecule has 112 valence electrons. The summed E-state index contributed by atoms with van der Waals surface area (Å²) in [6.45, 7) is 3.77. The van der Waals surface area contributed by atoms with Gasteiger partial charge >= 0.3 is 0 Å². The summed E-state index contributed by atoms with van der Waals surface area (Å²) in [7, 11) is 0. The summed E-state index contributed by atoms with van der Waals surface area (Å²) < 4.78 is 1.78. The van der Waals surface area contributed by atoms with Crippen molar-refractivity contribution in [2.75, 3.05) is 5.32 Å². The van der Waals surface area contributed by atoms with Crippen molar-refractivity contribution in [3.63, 3.8) is 0 Å². The van der Waals surface area contributed by atoms with Gasteiger partial charge in [-0.25, -0.2) is 4.98 Å². The van der Waals surface area contributed by atoms with E-state index in [1.807, 2.05) is 25.3 Å². The average Bonchev–Trinajstić information content (AvgIpc) is 2.79. The number of carbonyl (C=O) groups is 1. The number of hydrogen-bond donors (Lipinski definition) is 1. The molecular weight excluding hydrogens is 321 g/mol. The quantitative estimate of drug-likeness (QED) is 0.749. The van der Waals surface area contributed by atoms with Crippen molar-refractivity contribution in [1.29, 1.82) is 0 Å². The molecular formula is C16H13Cl2N3O. The first-order chi connectivity index (χ1) is 10.5. The Labute approximate surface area is 137 Å². The lowest BCUT2D eigenvalue weighted by Crippen LogP contribution is -2.16. The predicted octanol–water partition coefficient (Wildman–Crippen LogP) is 4.51. The number of fused-ring (bicyclic) bond motifs is 1. The summed E-state index contributed by atoms with van der Waals surface area (Å²) in [5.41, 5.74) is 3.38. The van der Waals surface area contributed by atoms with Crippen molar-refractivity contribution in [2.45, 2.75) is 13.8 Å². The lowest BCUT2D eigenvalue weighted by Gasteiger charge is -2.09. The molecule has 22 heavy (non-hydrogen) atoms. The van der Waals surface area contributed by atoms with E-state index in [2.05, 4.69) is 10.3 Å². The predicted molar refractivity (Wildman–Crippen MR) is 89.1 cm³/mol. The highest BCUT2D eigenvalue weighted by Crippen LogP contribution is 2.30. The number of rotatable bonds is 2. The molecule has 0 aliphatic rings. The first-order valence-corrected chi connectivity index (χ1v) is 7.43. The average molecular weight is 334 g/mol. The molecule has 2 aromatic heterocycles. The van der Waals surface area contributed by atoms with Gasteiger partial charge in [0.05, 0.1) is 21.4 Å². The van der Waals surface area contributed by atoms with Crippen LogP contribution in [0, 0.1) is 13.8 Å². The van der Waals surface area contributed by atoms with E-state index < -0.39 is 0 Å². The van der Waals surface area contributed by atoms with E-state index in [1.54, 1.807) is 29.5 Å². The summed E-state index contributed by atoms with van der Waals surface area (Å²) in [5.74, 6) is -0.278. The third kappa shape index (κ3) is 2.56. The van der Waals surface area contributed by atoms with E-state index in [9.17, 15) is 4.79 Å². The molecule has 0 fully saturated rings. The molecule has 0 saturated heterocycles. The summed E-state index contributed by atoms with van der Waals surface area (Å²) in [4.78, 5) is 17.0. The van der Waals surface area contributed by atoms with Gasteiger partial charge in [0.25, 0.3) is 5.91 Å². The zero-order chi connectivity index (χ0) is 15.9. The minimum absolute atomic E-state index is 0.278. The summed E-state index contributed by atoms with van der Waals surface area (Å²) in [6.07, 6.45) is 1.88. The molecule has 1 aromatic carbocycles. The number of imidazole rings is 1. The molecule has 0 aliphatic carbocycles. The van der Waals surface area contributed by atoms with Crippen LogP contribution < -0.4 is 5.32 Å². The van der Waals surface area contributed by atoms with Crippen LogP contribution in [0.3, 0.4) is 0 Å². The van der Waals surface area contributed by atoms with Crippen molar-refractivity contribution in [3.8, 4) is 0 Å². The van der Waals surface area contributed by atoms with Crippen molar-refractivity contribution in [1.82, 2.24) is 9.38 Å². The minimum atomic E-state index is -0.278. The van der Waals surface area contributed by atoms with Crippen LogP contribution in [0.1, 0.15) is 21.7 Å². The zero-order valence-electron chi connectivity index (χ0n) is 12.0. The van der Waals surface area contributed by atoms with E-state index >= 15 is 0 Å². The molecule has 0 atom stereocenters. The molecule has 2 heterocycles. The number of halogens is 2. The molecule has 3 rings (SSSR count). The largest absolute Gasteiger partial charge is 0.319 e. The Morgan fingerprint density at radius 1 is 1.18 bits per heavy atom. The van der Waals surface area contributed by atoms with E-state index in [1.165, 1.54) is 0 Å². The molecule has 0 spiro atoms. The van der Waals surface area contributed by atoms with Crippen LogP contribution in [0.2, 0.25) is 10.0 Å². The standard InChI is InChI=1S/C16H13Cl2N3O/c1-9-6-7-13-19-10(2)15(21(13)8-9)16(22)20-12-5-3-4-11(17)14(12)18/h3-8H,1-2H3,(H,20,22). The summed E-state index contributed by atoms with van der Waals surface area (Å²) >= 11 is 12.1. The molecule has 0 saturated carbocycles. The van der Waals surface area contributed by atoms with E-state index in [0.717, 1.165) is 11.2 Å². The van der Waals surface area contributed by atoms with Gasteiger partial charge in [0, 0.05) is 6.20 Å². The highest BCUT2D eigenvalue weighted by Gasteiger charge is 2.18. The second-order valence-electron chi connectivity index (χ2n) is 5.04. The fourth-order valence-corrected chi connectivity index (χ4v) is 2.67. The number of aryl methyl sites for hydroxylation is 2. The zero-order valence-corrected chi connectivity index (χ0v) is 13.5. The van der Waals surface area contributed by atoms with E-state index in [-0.39, 0.29) is 5.91 Å². The number of pyridine rings is 1. The van der Waals surface area contributed by atoms with Gasteiger partial charge in [-0.15, -0.1) is 0 Å². The van der Waals surface area contributed by atoms with Crippen molar-refractivity contribution in [3.05, 3.63) is 63.5 Å². The maximum Gasteiger partial charge on any atom is 0.274 e. The SMILES string of the molecule is Cc1ccc2nc(C)c(C(=O)Nc3cccc(Cl)c3Cl)n2c1. The van der Waals surface area contributed by atoms with Crippen molar-refractivity contribution >= 4 is 40.4 Å². The Balaban J connectivity index is 2.04. The third-order valence-electron chi connectivity index (χ3n) is 3.36. The van der Waals surface area contributed by atoms with Gasteiger partial charge in [0.1, 0.15) is 11.3 Å². The van der Waals surface area contributed by atoms with Crippen LogP contribution in [0.4, 0.5) is 5.69 Å². The fraction of sp³-hybridized carbons (Fsp3) is 0.125. The second-order valence-corrected chi connectivity index (χ2v) is 5.82. The summed E-state index contributed by atoms with van der Waals surface area (Å²) in [6, 6.07) is 8.94. The Morgan fingerprint density at radius 2 is 1.95 bits per heavy atom. The Hall–Kier alpha value is -2.04. The number of nitrogens with zero attached hydrogens (tertiary/aromatic N) is 2. The number of anilines is 1. The topological polar surface area (TPSA) is 46.4 Å². The Morgan fingerprint density at radius 3 is 2.73 bits per heavy atom. The van der Waals surface area contributed by atoms with E-state index in [0.29, 0.717) is 27.1 Å². The second kappa shape index (κ2) is 5.63. The van der Waals surface area contributed by atoms with Crippen molar-refractivity contribution < 1.29 is 4.79 Å². The van der Waals surface area contributed by atoms with Gasteiger partial charge in [-0.2, -0.15) is 0 Å². The third-order valence-corrected chi connectivity index (χ3v) is 4.17. The molecule has 0 aliphatic heterocycles. The van der Waals surface area contributed by atoms with Gasteiger partial charge < -0.3 is 5.32 Å². The van der Waals surface area contributed by atoms with Crippen LogP contribution in [-0.4, -0.2) is 15.3 Å². The number of benzene rings is 1. The van der Waals surface area contributed by atoms with Gasteiger partial charge in [-0.3, -0.25) is 9.20 Å². The first kappa shape index (κ1) is 14.9. The number of aromatic nitrogens is 2. The monoisotopic (exact) mass is 333 g/mol. The number of amides is 1. The fourth-order valence-electron chi connectivity index (χ4n) is 2.32. The van der Waals surface area contributed by atoms with Crippen LogP contribution in [-0.2, 0) is 0 Å².